The molecule has 0 saturated heterocycles. The van der Waals surface area contributed by atoms with Gasteiger partial charge in [-0.2, -0.15) is 0 Å². The van der Waals surface area contributed by atoms with Gasteiger partial charge in [-0.05, 0) is 19.3 Å². The molecule has 1 unspecified atom stereocenters. The maximum absolute atomic E-state index is 11.3. The number of phosphoric acid groups is 1. The molecule has 0 bridgehead atoms. The Hall–Kier alpha value is -0.190. The van der Waals surface area contributed by atoms with Crippen molar-refractivity contribution in [1.82, 2.24) is 0 Å². The molecule has 17 heavy (non-hydrogen) atoms. The van der Waals surface area contributed by atoms with Gasteiger partial charge in [-0.1, -0.05) is 6.08 Å². The minimum Gasteiger partial charge on any atom is -0.756 e. The molecule has 0 aliphatic rings. The van der Waals surface area contributed by atoms with Crippen LogP contribution < -0.4 is 4.89 Å². The SMILES string of the molecule is C=CCCCCOP(=O)([O-])OCC[N+](C)(C)C. The average molecular weight is 265 g/mol. The Labute approximate surface area is 104 Å². The van der Waals surface area contributed by atoms with Gasteiger partial charge in [0.15, 0.2) is 0 Å². The second kappa shape index (κ2) is 8.01. The first kappa shape index (κ1) is 16.8. The lowest BCUT2D eigenvalue weighted by Crippen LogP contribution is -2.37. The number of unbranched alkanes of at least 4 members (excludes halogenated alkanes) is 2. The van der Waals surface area contributed by atoms with Crippen LogP contribution in [0.15, 0.2) is 12.7 Å². The van der Waals surface area contributed by atoms with Crippen molar-refractivity contribution in [3.8, 4) is 0 Å². The van der Waals surface area contributed by atoms with Crippen LogP contribution in [0.25, 0.3) is 0 Å². The van der Waals surface area contributed by atoms with E-state index in [1.165, 1.54) is 0 Å². The molecule has 0 aromatic heterocycles. The molecule has 1 atom stereocenters. The third kappa shape index (κ3) is 12.1. The van der Waals surface area contributed by atoms with E-state index in [0.717, 1.165) is 12.8 Å². The number of hydrogen-bond acceptors (Lipinski definition) is 4. The molecule has 0 aromatic carbocycles. The van der Waals surface area contributed by atoms with Crippen LogP contribution in [-0.4, -0.2) is 45.4 Å². The van der Waals surface area contributed by atoms with E-state index in [1.807, 2.05) is 21.1 Å². The van der Waals surface area contributed by atoms with Crippen LogP contribution in [0.5, 0.6) is 0 Å². The lowest BCUT2D eigenvalue weighted by Gasteiger charge is -2.27. The van der Waals surface area contributed by atoms with E-state index in [1.54, 1.807) is 6.08 Å². The normalized spacial score (nSPS) is 15.5. The van der Waals surface area contributed by atoms with Gasteiger partial charge in [0.2, 0.25) is 0 Å². The van der Waals surface area contributed by atoms with Crippen LogP contribution in [0.4, 0.5) is 0 Å². The molecule has 0 saturated carbocycles. The predicted octanol–water partition coefficient (Wildman–Crippen LogP) is 1.55. The molecule has 102 valence electrons. The van der Waals surface area contributed by atoms with Crippen molar-refractivity contribution >= 4 is 7.82 Å². The fourth-order valence-electron chi connectivity index (χ4n) is 1.03. The quantitative estimate of drug-likeness (QED) is 0.260. The van der Waals surface area contributed by atoms with Crippen LogP contribution >= 0.6 is 7.82 Å². The molecule has 0 heterocycles. The highest BCUT2D eigenvalue weighted by molar-refractivity contribution is 7.45. The lowest BCUT2D eigenvalue weighted by atomic mass is 10.2. The first-order valence-electron chi connectivity index (χ1n) is 5.78. The molecule has 0 aromatic rings. The molecule has 0 amide bonds. The Morgan fingerprint density at radius 1 is 1.24 bits per heavy atom. The highest BCUT2D eigenvalue weighted by atomic mass is 31.2. The van der Waals surface area contributed by atoms with Crippen molar-refractivity contribution in [2.24, 2.45) is 0 Å². The van der Waals surface area contributed by atoms with Gasteiger partial charge in [0.25, 0.3) is 7.82 Å². The summed E-state index contributed by atoms with van der Waals surface area (Å²) in [6.07, 6.45) is 4.24. The summed E-state index contributed by atoms with van der Waals surface area (Å²) < 4.78 is 21.4. The van der Waals surface area contributed by atoms with Crippen LogP contribution in [0.1, 0.15) is 19.3 Å². The summed E-state index contributed by atoms with van der Waals surface area (Å²) >= 11 is 0. The molecule has 5 nitrogen and oxygen atoms in total. The fraction of sp³-hybridized carbons (Fsp3) is 0.818. The molecule has 6 heteroatoms. The predicted molar refractivity (Wildman–Crippen MR) is 66.5 cm³/mol. The third-order valence-electron chi connectivity index (χ3n) is 2.06. The molecule has 0 spiro atoms. The smallest absolute Gasteiger partial charge is 0.268 e. The summed E-state index contributed by atoms with van der Waals surface area (Å²) in [7, 11) is 1.79. The van der Waals surface area contributed by atoms with Crippen molar-refractivity contribution in [1.29, 1.82) is 0 Å². The van der Waals surface area contributed by atoms with Crippen molar-refractivity contribution in [2.75, 3.05) is 40.9 Å². The number of quaternary nitrogens is 1. The zero-order chi connectivity index (χ0) is 13.4. The summed E-state index contributed by atoms with van der Waals surface area (Å²) in [5.74, 6) is 0. The molecular formula is C11H24NO4P. The second-order valence-electron chi connectivity index (χ2n) is 4.91. The summed E-state index contributed by atoms with van der Waals surface area (Å²) in [4.78, 5) is 11.3. The first-order valence-corrected chi connectivity index (χ1v) is 7.24. The molecule has 0 aliphatic carbocycles. The van der Waals surface area contributed by atoms with E-state index in [4.69, 9.17) is 9.05 Å². The maximum atomic E-state index is 11.3. The monoisotopic (exact) mass is 265 g/mol. The molecule has 0 N–H and O–H groups in total. The zero-order valence-corrected chi connectivity index (χ0v) is 11.9. The Balaban J connectivity index is 3.66. The number of likely N-dealkylation sites (N-methyl/N-ethyl adjacent to an activating group) is 1. The van der Waals surface area contributed by atoms with Crippen molar-refractivity contribution in [3.05, 3.63) is 12.7 Å². The zero-order valence-electron chi connectivity index (χ0n) is 11.1. The Kier molecular flexibility index (Phi) is 7.92. The molecule has 0 fully saturated rings. The Morgan fingerprint density at radius 2 is 1.82 bits per heavy atom. The third-order valence-corrected chi connectivity index (χ3v) is 3.06. The summed E-state index contributed by atoms with van der Waals surface area (Å²) in [6, 6.07) is 0. The number of rotatable bonds is 10. The van der Waals surface area contributed by atoms with Gasteiger partial charge < -0.3 is 18.4 Å². The van der Waals surface area contributed by atoms with Gasteiger partial charge in [0.05, 0.1) is 27.7 Å². The molecule has 0 aliphatic heterocycles. The minimum atomic E-state index is -4.11. The average Bonchev–Trinajstić information content (AvgIpc) is 2.14. The Bertz CT molecular complexity index is 263. The number of hydrogen-bond donors (Lipinski definition) is 0. The van der Waals surface area contributed by atoms with E-state index in [-0.39, 0.29) is 13.2 Å². The van der Waals surface area contributed by atoms with Gasteiger partial charge >= 0.3 is 0 Å². The van der Waals surface area contributed by atoms with E-state index < -0.39 is 7.82 Å². The Morgan fingerprint density at radius 3 is 2.35 bits per heavy atom. The van der Waals surface area contributed by atoms with E-state index >= 15 is 0 Å². The van der Waals surface area contributed by atoms with Gasteiger partial charge in [-0.15, -0.1) is 6.58 Å². The lowest BCUT2D eigenvalue weighted by molar-refractivity contribution is -0.870. The summed E-state index contributed by atoms with van der Waals surface area (Å²) in [5.41, 5.74) is 0. The van der Waals surface area contributed by atoms with Crippen LogP contribution in [0.2, 0.25) is 0 Å². The van der Waals surface area contributed by atoms with Crippen LogP contribution in [0.3, 0.4) is 0 Å². The van der Waals surface area contributed by atoms with Crippen molar-refractivity contribution < 1.29 is 23.0 Å². The minimum absolute atomic E-state index is 0.150. The van der Waals surface area contributed by atoms with Gasteiger partial charge in [0.1, 0.15) is 13.2 Å². The van der Waals surface area contributed by atoms with Gasteiger partial charge in [-0.25, -0.2) is 0 Å². The number of phosphoric ester groups is 1. The maximum Gasteiger partial charge on any atom is 0.268 e. The highest BCUT2D eigenvalue weighted by Gasteiger charge is 2.12. The molecular weight excluding hydrogens is 241 g/mol. The van der Waals surface area contributed by atoms with E-state index in [9.17, 15) is 9.46 Å². The highest BCUT2D eigenvalue weighted by Crippen LogP contribution is 2.38. The van der Waals surface area contributed by atoms with Crippen molar-refractivity contribution in [3.63, 3.8) is 0 Å². The summed E-state index contributed by atoms with van der Waals surface area (Å²) in [5, 5.41) is 0. The topological polar surface area (TPSA) is 58.6 Å². The number of allylic oxidation sites excluding steroid dienone is 1. The van der Waals surface area contributed by atoms with E-state index in [0.29, 0.717) is 17.4 Å². The summed E-state index contributed by atoms with van der Waals surface area (Å²) in [6.45, 7) is 4.53. The van der Waals surface area contributed by atoms with Gasteiger partial charge in [0, 0.05) is 0 Å². The van der Waals surface area contributed by atoms with Gasteiger partial charge in [-0.3, -0.25) is 4.57 Å². The largest absolute Gasteiger partial charge is 0.756 e. The van der Waals surface area contributed by atoms with Crippen molar-refractivity contribution in [2.45, 2.75) is 19.3 Å². The number of nitrogens with zero attached hydrogens (tertiary/aromatic N) is 1. The van der Waals surface area contributed by atoms with E-state index in [2.05, 4.69) is 6.58 Å². The first-order chi connectivity index (χ1) is 7.77. The standard InChI is InChI=1S/C11H24NO4P/c1-5-6-7-8-10-15-17(13,14)16-11-9-12(2,3)4/h5H,1,6-11H2,2-4H3. The fourth-order valence-corrected chi connectivity index (χ4v) is 1.76. The molecule has 0 radical (unpaired) electrons. The molecule has 0 rings (SSSR count). The second-order valence-corrected chi connectivity index (χ2v) is 6.32. The van der Waals surface area contributed by atoms with Crippen LogP contribution in [0, 0.1) is 0 Å². The van der Waals surface area contributed by atoms with Crippen LogP contribution in [-0.2, 0) is 13.6 Å².